The van der Waals surface area contributed by atoms with Crippen LogP contribution in [0.15, 0.2) is 0 Å². The smallest absolute Gasteiger partial charge is 0.0946 e. The minimum atomic E-state index is 0.385. The summed E-state index contributed by atoms with van der Waals surface area (Å²) < 4.78 is 0. The first-order valence-electron chi connectivity index (χ1n) is 7.08. The lowest BCUT2D eigenvalue weighted by atomic mass is 9.97. The highest BCUT2D eigenvalue weighted by Crippen LogP contribution is 2.29. The van der Waals surface area contributed by atoms with Crippen LogP contribution in [-0.4, -0.2) is 11.0 Å². The van der Waals surface area contributed by atoms with E-state index >= 15 is 0 Å². The highest BCUT2D eigenvalue weighted by atomic mass is 32.1. The lowest BCUT2D eigenvalue weighted by Gasteiger charge is -2.16. The van der Waals surface area contributed by atoms with Gasteiger partial charge in [0.25, 0.3) is 0 Å². The summed E-state index contributed by atoms with van der Waals surface area (Å²) in [7, 11) is 0. The van der Waals surface area contributed by atoms with E-state index in [0.717, 1.165) is 12.3 Å². The molecule has 0 amide bonds. The molecule has 3 N–H and O–H groups in total. The fraction of sp³-hybridized carbons (Fsp3) is 0.786. The molecule has 0 saturated heterocycles. The molecule has 0 bridgehead atoms. The van der Waals surface area contributed by atoms with Gasteiger partial charge in [0.2, 0.25) is 0 Å². The number of nitrogens with one attached hydrogen (secondary N) is 1. The third-order valence-corrected chi connectivity index (χ3v) is 5.22. The number of thiazole rings is 1. The summed E-state index contributed by atoms with van der Waals surface area (Å²) in [4.78, 5) is 5.93. The lowest BCUT2D eigenvalue weighted by molar-refractivity contribution is 0.406. The summed E-state index contributed by atoms with van der Waals surface area (Å²) in [5.74, 6) is 6.62. The molecule has 1 aliphatic rings. The monoisotopic (exact) mass is 267 g/mol. The van der Waals surface area contributed by atoms with E-state index in [1.807, 2.05) is 11.3 Å². The molecule has 1 fully saturated rings. The van der Waals surface area contributed by atoms with Gasteiger partial charge < -0.3 is 0 Å². The van der Waals surface area contributed by atoms with Crippen molar-refractivity contribution in [3.05, 3.63) is 15.6 Å². The Morgan fingerprint density at radius 3 is 2.67 bits per heavy atom. The van der Waals surface area contributed by atoms with Crippen molar-refractivity contribution in [2.75, 3.05) is 0 Å². The van der Waals surface area contributed by atoms with Gasteiger partial charge in [-0.1, -0.05) is 25.7 Å². The van der Waals surface area contributed by atoms with Crippen molar-refractivity contribution < 1.29 is 0 Å². The van der Waals surface area contributed by atoms with Crippen LogP contribution in [0, 0.1) is 19.8 Å². The Morgan fingerprint density at radius 2 is 2.11 bits per heavy atom. The maximum Gasteiger partial charge on any atom is 0.0946 e. The van der Waals surface area contributed by atoms with E-state index in [4.69, 9.17) is 5.84 Å². The number of hydrazine groups is 1. The molecule has 0 spiro atoms. The van der Waals surface area contributed by atoms with E-state index in [-0.39, 0.29) is 0 Å². The molecule has 2 rings (SSSR count). The zero-order valence-electron chi connectivity index (χ0n) is 11.5. The van der Waals surface area contributed by atoms with Crippen molar-refractivity contribution >= 4 is 11.3 Å². The number of aryl methyl sites for hydroxylation is 2. The van der Waals surface area contributed by atoms with Gasteiger partial charge in [-0.05, 0) is 32.6 Å². The Balaban J connectivity index is 1.80. The van der Waals surface area contributed by atoms with Crippen LogP contribution in [0.4, 0.5) is 0 Å². The predicted molar refractivity (Wildman–Crippen MR) is 77.6 cm³/mol. The van der Waals surface area contributed by atoms with Crippen LogP contribution in [0.2, 0.25) is 0 Å². The predicted octanol–water partition coefficient (Wildman–Crippen LogP) is 3.10. The van der Waals surface area contributed by atoms with Gasteiger partial charge in [0.1, 0.15) is 0 Å². The van der Waals surface area contributed by atoms with Crippen LogP contribution in [-0.2, 0) is 6.42 Å². The van der Waals surface area contributed by atoms with Crippen LogP contribution >= 0.6 is 11.3 Å². The summed E-state index contributed by atoms with van der Waals surface area (Å²) in [6.45, 7) is 4.22. The molecule has 1 aromatic heterocycles. The largest absolute Gasteiger partial charge is 0.271 e. The van der Waals surface area contributed by atoms with E-state index < -0.39 is 0 Å². The zero-order chi connectivity index (χ0) is 13.0. The summed E-state index contributed by atoms with van der Waals surface area (Å²) >= 11 is 1.81. The fourth-order valence-electron chi connectivity index (χ4n) is 2.82. The number of hydrogen-bond donors (Lipinski definition) is 2. The highest BCUT2D eigenvalue weighted by Gasteiger charge is 2.18. The maximum absolute atomic E-state index is 5.68. The molecular weight excluding hydrogens is 242 g/mol. The number of nitrogens with two attached hydrogens (primary N) is 1. The average Bonchev–Trinajstić information content (AvgIpc) is 2.96. The SMILES string of the molecule is Cc1nc(CC(CCC2CCCC2)NN)sc1C. The second kappa shape index (κ2) is 6.64. The molecule has 1 saturated carbocycles. The summed E-state index contributed by atoms with van der Waals surface area (Å²) in [6, 6.07) is 0.385. The van der Waals surface area contributed by atoms with Gasteiger partial charge in [-0.2, -0.15) is 0 Å². The third-order valence-electron chi connectivity index (χ3n) is 4.13. The highest BCUT2D eigenvalue weighted by molar-refractivity contribution is 7.11. The van der Waals surface area contributed by atoms with Crippen molar-refractivity contribution in [1.82, 2.24) is 10.4 Å². The molecule has 1 atom stereocenters. The number of nitrogens with zero attached hydrogens (tertiary/aromatic N) is 1. The van der Waals surface area contributed by atoms with Crippen LogP contribution < -0.4 is 11.3 Å². The lowest BCUT2D eigenvalue weighted by Crippen LogP contribution is -2.37. The van der Waals surface area contributed by atoms with E-state index in [1.165, 1.54) is 54.1 Å². The van der Waals surface area contributed by atoms with Crippen LogP contribution in [0.1, 0.15) is 54.1 Å². The normalized spacial score (nSPS) is 18.4. The molecule has 102 valence electrons. The summed E-state index contributed by atoms with van der Waals surface area (Å²) in [5.41, 5.74) is 4.14. The Morgan fingerprint density at radius 1 is 1.39 bits per heavy atom. The van der Waals surface area contributed by atoms with Gasteiger partial charge in [-0.15, -0.1) is 11.3 Å². The molecular formula is C14H25N3S. The van der Waals surface area contributed by atoms with Gasteiger partial charge in [0, 0.05) is 17.3 Å². The molecule has 1 aromatic rings. The molecule has 0 aromatic carbocycles. The zero-order valence-corrected chi connectivity index (χ0v) is 12.4. The Labute approximate surface area is 114 Å². The van der Waals surface area contributed by atoms with Gasteiger partial charge in [0.05, 0.1) is 10.7 Å². The molecule has 0 radical (unpaired) electrons. The van der Waals surface area contributed by atoms with Gasteiger partial charge in [0.15, 0.2) is 0 Å². The number of rotatable bonds is 6. The summed E-state index contributed by atoms with van der Waals surface area (Å²) in [6.07, 6.45) is 9.17. The summed E-state index contributed by atoms with van der Waals surface area (Å²) in [5, 5.41) is 1.22. The van der Waals surface area contributed by atoms with E-state index in [2.05, 4.69) is 24.3 Å². The molecule has 1 unspecified atom stereocenters. The first kappa shape index (κ1) is 14.0. The topological polar surface area (TPSA) is 50.9 Å². The van der Waals surface area contributed by atoms with Crippen molar-refractivity contribution in [1.29, 1.82) is 0 Å². The Bertz CT molecular complexity index is 350. The number of aromatic nitrogens is 1. The van der Waals surface area contributed by atoms with Gasteiger partial charge in [-0.25, -0.2) is 4.98 Å². The molecule has 1 heterocycles. The van der Waals surface area contributed by atoms with E-state index in [9.17, 15) is 0 Å². The molecule has 3 nitrogen and oxygen atoms in total. The third kappa shape index (κ3) is 3.77. The molecule has 18 heavy (non-hydrogen) atoms. The second-order valence-corrected chi connectivity index (χ2v) is 6.83. The molecule has 1 aliphatic carbocycles. The quantitative estimate of drug-likeness (QED) is 0.615. The second-order valence-electron chi connectivity index (χ2n) is 5.54. The van der Waals surface area contributed by atoms with E-state index in [1.54, 1.807) is 0 Å². The van der Waals surface area contributed by atoms with Crippen LogP contribution in [0.25, 0.3) is 0 Å². The number of hydrogen-bond acceptors (Lipinski definition) is 4. The first-order valence-corrected chi connectivity index (χ1v) is 7.89. The van der Waals surface area contributed by atoms with Crippen LogP contribution in [0.5, 0.6) is 0 Å². The average molecular weight is 267 g/mol. The Kier molecular flexibility index (Phi) is 5.15. The van der Waals surface area contributed by atoms with Crippen molar-refractivity contribution in [2.24, 2.45) is 11.8 Å². The fourth-order valence-corrected chi connectivity index (χ4v) is 3.83. The van der Waals surface area contributed by atoms with Crippen LogP contribution in [0.3, 0.4) is 0 Å². The standard InChI is InChI=1S/C14H25N3S/c1-10-11(2)18-14(16-10)9-13(17-15)8-7-12-5-3-4-6-12/h12-13,17H,3-9,15H2,1-2H3. The van der Waals surface area contributed by atoms with E-state index in [0.29, 0.717) is 6.04 Å². The minimum absolute atomic E-state index is 0.385. The Hall–Kier alpha value is -0.450. The van der Waals surface area contributed by atoms with Gasteiger partial charge >= 0.3 is 0 Å². The maximum atomic E-state index is 5.68. The van der Waals surface area contributed by atoms with Crippen molar-refractivity contribution in [3.8, 4) is 0 Å². The van der Waals surface area contributed by atoms with Crippen molar-refractivity contribution in [2.45, 2.75) is 64.8 Å². The van der Waals surface area contributed by atoms with Crippen molar-refractivity contribution in [3.63, 3.8) is 0 Å². The van der Waals surface area contributed by atoms with Gasteiger partial charge in [-0.3, -0.25) is 11.3 Å². The minimum Gasteiger partial charge on any atom is -0.271 e. The molecule has 0 aliphatic heterocycles. The molecule has 4 heteroatoms. The first-order chi connectivity index (χ1) is 8.69.